The van der Waals surface area contributed by atoms with Gasteiger partial charge in [0.25, 0.3) is 11.5 Å². The molecule has 1 saturated heterocycles. The molecule has 1 amide bonds. The lowest BCUT2D eigenvalue weighted by Crippen LogP contribution is -2.29. The number of Topliss-reactive ketones (excluding diaryl/α,β-unsaturated/α-hetero) is 1. The van der Waals surface area contributed by atoms with Crippen LogP contribution in [0.5, 0.6) is 5.75 Å². The molecule has 0 saturated carbocycles. The Hall–Kier alpha value is -4.57. The zero-order chi connectivity index (χ0) is 27.1. The SMILES string of the molecule is CCOc1ccc(/C(O)=C2\C(=O)C(=O)N(c3nc4c(C)cc(C)cc4s3)[C@@H]2c2cccc([N+](=O)[O-])c2)cc1. The topological polar surface area (TPSA) is 123 Å². The van der Waals surface area contributed by atoms with E-state index in [2.05, 4.69) is 4.98 Å². The monoisotopic (exact) mass is 529 g/mol. The van der Waals surface area contributed by atoms with E-state index in [1.807, 2.05) is 32.9 Å². The number of benzene rings is 3. The van der Waals surface area contributed by atoms with Gasteiger partial charge in [-0.15, -0.1) is 0 Å². The number of aryl methyl sites for hydroxylation is 2. The van der Waals surface area contributed by atoms with Crippen molar-refractivity contribution in [2.75, 3.05) is 11.5 Å². The molecule has 1 aromatic heterocycles. The molecule has 0 unspecified atom stereocenters. The van der Waals surface area contributed by atoms with Crippen LogP contribution in [0.2, 0.25) is 0 Å². The van der Waals surface area contributed by atoms with Gasteiger partial charge in [0.05, 0.1) is 33.4 Å². The predicted octanol–water partition coefficient (Wildman–Crippen LogP) is 5.85. The Bertz CT molecular complexity index is 1640. The maximum absolute atomic E-state index is 13.5. The van der Waals surface area contributed by atoms with E-state index in [0.717, 1.165) is 15.8 Å². The maximum Gasteiger partial charge on any atom is 0.301 e. The normalized spacial score (nSPS) is 16.8. The zero-order valence-electron chi connectivity index (χ0n) is 20.8. The number of ketones is 1. The summed E-state index contributed by atoms with van der Waals surface area (Å²) in [6, 6.07) is 15.0. The molecule has 0 radical (unpaired) electrons. The van der Waals surface area contributed by atoms with Crippen molar-refractivity contribution in [2.45, 2.75) is 26.8 Å². The number of non-ortho nitro benzene ring substituents is 1. The van der Waals surface area contributed by atoms with Crippen LogP contribution < -0.4 is 9.64 Å². The van der Waals surface area contributed by atoms with Gasteiger partial charge in [-0.1, -0.05) is 29.5 Å². The van der Waals surface area contributed by atoms with E-state index in [1.165, 1.54) is 34.4 Å². The van der Waals surface area contributed by atoms with Gasteiger partial charge < -0.3 is 9.84 Å². The highest BCUT2D eigenvalue weighted by Crippen LogP contribution is 2.45. The highest BCUT2D eigenvalue weighted by atomic mass is 32.1. The van der Waals surface area contributed by atoms with Gasteiger partial charge in [0, 0.05) is 17.7 Å². The summed E-state index contributed by atoms with van der Waals surface area (Å²) >= 11 is 1.24. The third-order valence-electron chi connectivity index (χ3n) is 6.30. The number of thiazole rings is 1. The lowest BCUT2D eigenvalue weighted by atomic mass is 9.95. The third-order valence-corrected chi connectivity index (χ3v) is 7.31. The number of nitro groups is 1. The van der Waals surface area contributed by atoms with Crippen LogP contribution in [0.25, 0.3) is 16.0 Å². The number of hydrogen-bond donors (Lipinski definition) is 1. The minimum Gasteiger partial charge on any atom is -0.507 e. The number of aliphatic hydroxyl groups is 1. The van der Waals surface area contributed by atoms with Crippen LogP contribution in [0.15, 0.2) is 66.2 Å². The molecule has 0 aliphatic carbocycles. The molecule has 10 heteroatoms. The molecule has 0 spiro atoms. The van der Waals surface area contributed by atoms with Crippen molar-refractivity contribution in [1.82, 2.24) is 4.98 Å². The van der Waals surface area contributed by atoms with Gasteiger partial charge in [-0.25, -0.2) is 4.98 Å². The summed E-state index contributed by atoms with van der Waals surface area (Å²) in [5.74, 6) is -1.58. The molecular weight excluding hydrogens is 506 g/mol. The van der Waals surface area contributed by atoms with E-state index in [-0.39, 0.29) is 16.4 Å². The number of nitrogens with zero attached hydrogens (tertiary/aromatic N) is 3. The minimum atomic E-state index is -1.12. The number of fused-ring (bicyclic) bond motifs is 1. The Balaban J connectivity index is 1.72. The number of aromatic nitrogens is 1. The maximum atomic E-state index is 13.5. The Kier molecular flexibility index (Phi) is 6.41. The van der Waals surface area contributed by atoms with Crippen LogP contribution in [0, 0.1) is 24.0 Å². The second kappa shape index (κ2) is 9.71. The highest BCUT2D eigenvalue weighted by Gasteiger charge is 2.48. The zero-order valence-corrected chi connectivity index (χ0v) is 21.6. The number of hydrogen-bond acceptors (Lipinski definition) is 8. The van der Waals surface area contributed by atoms with Gasteiger partial charge in [0.1, 0.15) is 11.5 Å². The second-order valence-corrected chi connectivity index (χ2v) is 9.91. The Labute approximate surface area is 221 Å². The molecule has 1 aliphatic heterocycles. The minimum absolute atomic E-state index is 0.174. The van der Waals surface area contributed by atoms with Gasteiger partial charge in [-0.05, 0) is 67.8 Å². The van der Waals surface area contributed by atoms with E-state index in [9.17, 15) is 24.8 Å². The first-order valence-electron chi connectivity index (χ1n) is 11.9. The van der Waals surface area contributed by atoms with Crippen molar-refractivity contribution in [2.24, 2.45) is 0 Å². The molecule has 192 valence electrons. The lowest BCUT2D eigenvalue weighted by Gasteiger charge is -2.22. The number of carbonyl (C=O) groups excluding carboxylic acids is 2. The summed E-state index contributed by atoms with van der Waals surface area (Å²) in [6.45, 7) is 6.18. The highest BCUT2D eigenvalue weighted by molar-refractivity contribution is 7.22. The average molecular weight is 530 g/mol. The summed E-state index contributed by atoms with van der Waals surface area (Å²) in [5, 5.41) is 23.1. The predicted molar refractivity (Wildman–Crippen MR) is 145 cm³/mol. The van der Waals surface area contributed by atoms with Gasteiger partial charge >= 0.3 is 5.91 Å². The van der Waals surface area contributed by atoms with Crippen molar-refractivity contribution in [3.05, 3.63) is 98.6 Å². The van der Waals surface area contributed by atoms with Crippen LogP contribution in [0.1, 0.15) is 35.2 Å². The largest absolute Gasteiger partial charge is 0.507 e. The average Bonchev–Trinajstić information content (AvgIpc) is 3.43. The van der Waals surface area contributed by atoms with Crippen molar-refractivity contribution in [1.29, 1.82) is 0 Å². The molecule has 1 N–H and O–H groups in total. The van der Waals surface area contributed by atoms with E-state index < -0.39 is 28.4 Å². The molecule has 1 atom stereocenters. The van der Waals surface area contributed by atoms with Crippen LogP contribution in [0.3, 0.4) is 0 Å². The smallest absolute Gasteiger partial charge is 0.301 e. The summed E-state index contributed by atoms with van der Waals surface area (Å²) in [4.78, 5) is 43.8. The molecule has 2 heterocycles. The van der Waals surface area contributed by atoms with Crippen LogP contribution in [-0.2, 0) is 9.59 Å². The van der Waals surface area contributed by atoms with Crippen LogP contribution in [0.4, 0.5) is 10.8 Å². The molecule has 1 fully saturated rings. The molecular formula is C28H23N3O6S. The quantitative estimate of drug-likeness (QED) is 0.109. The lowest BCUT2D eigenvalue weighted by molar-refractivity contribution is -0.384. The van der Waals surface area contributed by atoms with E-state index >= 15 is 0 Å². The first-order chi connectivity index (χ1) is 18.2. The van der Waals surface area contributed by atoms with Crippen molar-refractivity contribution in [3.8, 4) is 5.75 Å². The molecule has 0 bridgehead atoms. The number of ether oxygens (including phenoxy) is 1. The van der Waals surface area contributed by atoms with E-state index in [0.29, 0.717) is 29.0 Å². The van der Waals surface area contributed by atoms with Gasteiger partial charge in [-0.3, -0.25) is 24.6 Å². The molecule has 9 nitrogen and oxygen atoms in total. The van der Waals surface area contributed by atoms with Crippen molar-refractivity contribution in [3.63, 3.8) is 0 Å². The molecule has 38 heavy (non-hydrogen) atoms. The summed E-state index contributed by atoms with van der Waals surface area (Å²) in [6.07, 6.45) is 0. The van der Waals surface area contributed by atoms with Gasteiger partial charge in [0.15, 0.2) is 5.13 Å². The molecule has 4 aromatic rings. The van der Waals surface area contributed by atoms with Crippen molar-refractivity contribution < 1.29 is 24.4 Å². The fourth-order valence-corrected chi connectivity index (χ4v) is 5.82. The second-order valence-electron chi connectivity index (χ2n) is 8.90. The first-order valence-corrected chi connectivity index (χ1v) is 12.7. The Morgan fingerprint density at radius 3 is 2.55 bits per heavy atom. The van der Waals surface area contributed by atoms with Gasteiger partial charge in [0.2, 0.25) is 0 Å². The third kappa shape index (κ3) is 4.28. The number of amides is 1. The molecule has 1 aliphatic rings. The van der Waals surface area contributed by atoms with Crippen LogP contribution in [-0.4, -0.2) is 33.3 Å². The Morgan fingerprint density at radius 2 is 1.87 bits per heavy atom. The number of aliphatic hydroxyl groups excluding tert-OH is 1. The summed E-state index contributed by atoms with van der Waals surface area (Å²) < 4.78 is 6.29. The number of nitro benzene ring substituents is 1. The fraction of sp³-hybridized carbons (Fsp3) is 0.179. The van der Waals surface area contributed by atoms with E-state index in [4.69, 9.17) is 4.74 Å². The van der Waals surface area contributed by atoms with Gasteiger partial charge in [-0.2, -0.15) is 0 Å². The van der Waals surface area contributed by atoms with E-state index in [1.54, 1.807) is 30.3 Å². The number of carbonyl (C=O) groups is 2. The number of rotatable bonds is 6. The first kappa shape index (κ1) is 25.1. The van der Waals surface area contributed by atoms with Crippen molar-refractivity contribution >= 4 is 49.8 Å². The standard InChI is InChI=1S/C28H23N3O6S/c1-4-37-20-10-8-17(9-11-20)25(32)22-24(18-6-5-7-19(14-18)31(35)36)30(27(34)26(22)33)28-29-23-16(3)12-15(2)13-21(23)38-28/h5-14,24,32H,4H2,1-3H3/b25-22+/t24-/m1/s1. The fourth-order valence-electron chi connectivity index (χ4n) is 4.65. The number of anilines is 1. The Morgan fingerprint density at radius 1 is 1.13 bits per heavy atom. The molecule has 3 aromatic carbocycles. The summed E-state index contributed by atoms with van der Waals surface area (Å²) in [7, 11) is 0. The van der Waals surface area contributed by atoms with Crippen LogP contribution >= 0.6 is 11.3 Å². The summed E-state index contributed by atoms with van der Waals surface area (Å²) in [5.41, 5.74) is 2.87. The molecule has 5 rings (SSSR count).